The molecule has 0 atom stereocenters. The van der Waals surface area contributed by atoms with Crippen molar-refractivity contribution in [2.45, 2.75) is 38.5 Å². The minimum Gasteiger partial charge on any atom is -0.0882 e. The summed E-state index contributed by atoms with van der Waals surface area (Å²) >= 11 is 0. The van der Waals surface area contributed by atoms with E-state index in [1.165, 1.54) is 25.7 Å². The Morgan fingerprint density at radius 3 is 1.42 bits per heavy atom. The zero-order valence-corrected chi connectivity index (χ0v) is 7.71. The molecular formula is C12H18. The molecule has 0 heteroatoms. The molecule has 12 heavy (non-hydrogen) atoms. The SMILES string of the molecule is C1=CCCCC/C=C\C/C=C/C1. The van der Waals surface area contributed by atoms with Crippen LogP contribution in [0.15, 0.2) is 36.5 Å². The van der Waals surface area contributed by atoms with E-state index in [0.717, 1.165) is 12.8 Å². The Morgan fingerprint density at radius 2 is 0.917 bits per heavy atom. The molecule has 66 valence electrons. The summed E-state index contributed by atoms with van der Waals surface area (Å²) < 4.78 is 0. The predicted octanol–water partition coefficient (Wildman–Crippen LogP) is 4.01. The van der Waals surface area contributed by atoms with Crippen LogP contribution in [0.5, 0.6) is 0 Å². The summed E-state index contributed by atoms with van der Waals surface area (Å²) in [7, 11) is 0. The van der Waals surface area contributed by atoms with Crippen LogP contribution in [0, 0.1) is 0 Å². The zero-order valence-electron chi connectivity index (χ0n) is 7.71. The predicted molar refractivity (Wildman–Crippen MR) is 55.1 cm³/mol. The molecule has 1 rings (SSSR count). The van der Waals surface area contributed by atoms with Crippen LogP contribution in [-0.4, -0.2) is 0 Å². The van der Waals surface area contributed by atoms with E-state index in [0.29, 0.717) is 0 Å². The van der Waals surface area contributed by atoms with Gasteiger partial charge in [-0.15, -0.1) is 0 Å². The fourth-order valence-corrected chi connectivity index (χ4v) is 1.30. The fraction of sp³-hybridized carbons (Fsp3) is 0.500. The molecule has 0 heterocycles. The van der Waals surface area contributed by atoms with Gasteiger partial charge in [0, 0.05) is 0 Å². The second-order valence-electron chi connectivity index (χ2n) is 3.17. The smallest absolute Gasteiger partial charge is 0.0169 e. The van der Waals surface area contributed by atoms with Gasteiger partial charge in [-0.2, -0.15) is 0 Å². The molecule has 0 aromatic heterocycles. The molecule has 0 nitrogen and oxygen atoms in total. The highest BCUT2D eigenvalue weighted by Gasteiger charge is 1.84. The van der Waals surface area contributed by atoms with Crippen molar-refractivity contribution in [3.05, 3.63) is 36.5 Å². The third-order valence-electron chi connectivity index (χ3n) is 2.04. The van der Waals surface area contributed by atoms with E-state index in [1.807, 2.05) is 0 Å². The van der Waals surface area contributed by atoms with Crippen molar-refractivity contribution in [3.63, 3.8) is 0 Å². The normalized spacial score (nSPS) is 25.3. The lowest BCUT2D eigenvalue weighted by Crippen LogP contribution is -1.73. The lowest BCUT2D eigenvalue weighted by atomic mass is 10.1. The van der Waals surface area contributed by atoms with Crippen LogP contribution in [0.4, 0.5) is 0 Å². The summed E-state index contributed by atoms with van der Waals surface area (Å²) in [4.78, 5) is 0. The Balaban J connectivity index is 2.31. The maximum Gasteiger partial charge on any atom is -0.0169 e. The number of rotatable bonds is 0. The molecule has 0 unspecified atom stereocenters. The molecule has 0 saturated heterocycles. The van der Waals surface area contributed by atoms with E-state index in [1.54, 1.807) is 0 Å². The molecule has 0 bridgehead atoms. The highest BCUT2D eigenvalue weighted by molar-refractivity contribution is 4.97. The van der Waals surface area contributed by atoms with E-state index in [9.17, 15) is 0 Å². The van der Waals surface area contributed by atoms with Crippen molar-refractivity contribution in [1.29, 1.82) is 0 Å². The molecule has 0 radical (unpaired) electrons. The van der Waals surface area contributed by atoms with Gasteiger partial charge in [-0.3, -0.25) is 0 Å². The fourth-order valence-electron chi connectivity index (χ4n) is 1.30. The first-order valence-electron chi connectivity index (χ1n) is 4.95. The summed E-state index contributed by atoms with van der Waals surface area (Å²) in [6.07, 6.45) is 21.0. The molecule has 0 spiro atoms. The molecule has 0 fully saturated rings. The van der Waals surface area contributed by atoms with Crippen molar-refractivity contribution in [2.24, 2.45) is 0 Å². The molecule has 1 aliphatic carbocycles. The van der Waals surface area contributed by atoms with Crippen LogP contribution in [0.1, 0.15) is 38.5 Å². The van der Waals surface area contributed by atoms with E-state index in [2.05, 4.69) is 36.5 Å². The van der Waals surface area contributed by atoms with E-state index >= 15 is 0 Å². The zero-order chi connectivity index (χ0) is 8.49. The Bertz CT molecular complexity index is 152. The second kappa shape index (κ2) is 6.90. The van der Waals surface area contributed by atoms with Crippen LogP contribution in [-0.2, 0) is 0 Å². The average molecular weight is 162 g/mol. The van der Waals surface area contributed by atoms with Gasteiger partial charge in [0.2, 0.25) is 0 Å². The van der Waals surface area contributed by atoms with Gasteiger partial charge in [0.15, 0.2) is 0 Å². The lowest BCUT2D eigenvalue weighted by molar-refractivity contribution is 0.760. The molecule has 1 aliphatic rings. The van der Waals surface area contributed by atoms with Crippen molar-refractivity contribution in [3.8, 4) is 0 Å². The van der Waals surface area contributed by atoms with Gasteiger partial charge in [-0.25, -0.2) is 0 Å². The summed E-state index contributed by atoms with van der Waals surface area (Å²) in [6.45, 7) is 0. The Morgan fingerprint density at radius 1 is 0.500 bits per heavy atom. The third-order valence-corrected chi connectivity index (χ3v) is 2.04. The van der Waals surface area contributed by atoms with Gasteiger partial charge in [0.25, 0.3) is 0 Å². The standard InChI is InChI=1S/C12H18/c1-2-4-6-8-10-12-11-9-7-5-3-1/h1-2,5-8H,3-4,9-12H2/b2-1+,7-5-,8-6?. The van der Waals surface area contributed by atoms with E-state index < -0.39 is 0 Å². The third kappa shape index (κ3) is 4.95. The monoisotopic (exact) mass is 162 g/mol. The maximum absolute atomic E-state index is 2.30. The minimum absolute atomic E-state index is 1.10. The molecule has 0 saturated carbocycles. The van der Waals surface area contributed by atoms with Crippen LogP contribution in [0.25, 0.3) is 0 Å². The number of hydrogen-bond acceptors (Lipinski definition) is 0. The molecular weight excluding hydrogens is 144 g/mol. The van der Waals surface area contributed by atoms with Gasteiger partial charge in [-0.1, -0.05) is 36.5 Å². The highest BCUT2D eigenvalue weighted by Crippen LogP contribution is 2.04. The number of hydrogen-bond donors (Lipinski definition) is 0. The Labute approximate surface area is 75.7 Å². The van der Waals surface area contributed by atoms with Crippen LogP contribution in [0.3, 0.4) is 0 Å². The average Bonchev–Trinajstić information content (AvgIpc) is 2.05. The molecule has 0 N–H and O–H groups in total. The topological polar surface area (TPSA) is 0 Å². The van der Waals surface area contributed by atoms with Gasteiger partial charge < -0.3 is 0 Å². The minimum atomic E-state index is 1.10. The van der Waals surface area contributed by atoms with Crippen molar-refractivity contribution in [2.75, 3.05) is 0 Å². The highest BCUT2D eigenvalue weighted by atomic mass is 13.9. The van der Waals surface area contributed by atoms with Gasteiger partial charge in [-0.05, 0) is 38.5 Å². The summed E-state index contributed by atoms with van der Waals surface area (Å²) in [5, 5.41) is 0. The Kier molecular flexibility index (Phi) is 5.35. The molecule has 0 aromatic carbocycles. The number of allylic oxidation sites excluding steroid dienone is 6. The molecule has 0 aliphatic heterocycles. The van der Waals surface area contributed by atoms with Crippen LogP contribution >= 0.6 is 0 Å². The first-order chi connectivity index (χ1) is 6.00. The van der Waals surface area contributed by atoms with Crippen LogP contribution in [0.2, 0.25) is 0 Å². The van der Waals surface area contributed by atoms with Crippen LogP contribution < -0.4 is 0 Å². The molecule has 0 amide bonds. The first kappa shape index (κ1) is 9.31. The van der Waals surface area contributed by atoms with Crippen molar-refractivity contribution >= 4 is 0 Å². The Hall–Kier alpha value is -0.780. The molecule has 0 aromatic rings. The van der Waals surface area contributed by atoms with Gasteiger partial charge in [0.1, 0.15) is 0 Å². The summed E-state index contributed by atoms with van der Waals surface area (Å²) in [6, 6.07) is 0. The van der Waals surface area contributed by atoms with E-state index in [-0.39, 0.29) is 0 Å². The second-order valence-corrected chi connectivity index (χ2v) is 3.17. The first-order valence-corrected chi connectivity index (χ1v) is 4.95. The van der Waals surface area contributed by atoms with Crippen molar-refractivity contribution in [1.82, 2.24) is 0 Å². The largest absolute Gasteiger partial charge is 0.0882 e. The quantitative estimate of drug-likeness (QED) is 0.472. The summed E-state index contributed by atoms with van der Waals surface area (Å²) in [5.74, 6) is 0. The maximum atomic E-state index is 2.30. The van der Waals surface area contributed by atoms with Crippen molar-refractivity contribution < 1.29 is 0 Å². The van der Waals surface area contributed by atoms with E-state index in [4.69, 9.17) is 0 Å². The summed E-state index contributed by atoms with van der Waals surface area (Å²) in [5.41, 5.74) is 0. The lowest BCUT2D eigenvalue weighted by Gasteiger charge is -1.94. The van der Waals surface area contributed by atoms with Gasteiger partial charge in [0.05, 0.1) is 0 Å². The van der Waals surface area contributed by atoms with Gasteiger partial charge >= 0.3 is 0 Å².